The van der Waals surface area contributed by atoms with Crippen molar-refractivity contribution in [1.29, 1.82) is 5.26 Å². The number of fused-ring (bicyclic) bond motifs is 3. The van der Waals surface area contributed by atoms with Gasteiger partial charge in [0.25, 0.3) is 11.8 Å². The number of aromatic amines is 1. The topological polar surface area (TPSA) is 151 Å². The monoisotopic (exact) mass is 621 g/mol. The minimum Gasteiger partial charge on any atom is -0.344 e. The molecule has 3 aromatic heterocycles. The summed E-state index contributed by atoms with van der Waals surface area (Å²) in [5.41, 5.74) is 1.05. The van der Waals surface area contributed by atoms with Crippen LogP contribution in [0.5, 0.6) is 0 Å². The number of carbonyl (C=O) groups excluding carboxylic acids is 3. The molecule has 14 heteroatoms. The van der Waals surface area contributed by atoms with Gasteiger partial charge in [0.05, 0.1) is 27.8 Å². The molecule has 43 heavy (non-hydrogen) atoms. The van der Waals surface area contributed by atoms with Gasteiger partial charge in [-0.2, -0.15) is 10.5 Å². The molecule has 0 bridgehead atoms. The number of aromatic nitrogens is 4. The fourth-order valence-electron chi connectivity index (χ4n) is 6.65. The number of H-pyrrole nitrogens is 1. The van der Waals surface area contributed by atoms with Crippen LogP contribution in [0, 0.1) is 17.2 Å². The molecule has 0 aromatic carbocycles. The summed E-state index contributed by atoms with van der Waals surface area (Å²) in [6.07, 6.45) is 3.59. The highest BCUT2D eigenvalue weighted by Gasteiger charge is 2.54. The van der Waals surface area contributed by atoms with Crippen molar-refractivity contribution in [3.8, 4) is 6.07 Å². The lowest BCUT2D eigenvalue weighted by atomic mass is 9.73. The summed E-state index contributed by atoms with van der Waals surface area (Å²) in [7, 11) is 6.94. The Balaban J connectivity index is 1.41. The lowest BCUT2D eigenvalue weighted by Gasteiger charge is -2.34. The van der Waals surface area contributed by atoms with Crippen LogP contribution in [-0.2, 0) is 23.1 Å². The van der Waals surface area contributed by atoms with Crippen LogP contribution in [0.25, 0.3) is 0 Å². The molecule has 2 fully saturated rings. The Labute approximate surface area is 258 Å². The van der Waals surface area contributed by atoms with E-state index in [1.807, 2.05) is 19.1 Å². The number of nitrogens with one attached hydrogen (secondary N) is 2. The number of tetrazole rings is 1. The summed E-state index contributed by atoms with van der Waals surface area (Å²) in [6.45, 7) is 2.12. The van der Waals surface area contributed by atoms with E-state index >= 15 is 0 Å². The van der Waals surface area contributed by atoms with Crippen molar-refractivity contribution in [3.05, 3.63) is 48.6 Å². The smallest absolute Gasteiger partial charge is 0.263 e. The van der Waals surface area contributed by atoms with Gasteiger partial charge in [-0.1, -0.05) is 5.21 Å². The number of aryl methyl sites for hydroxylation is 2. The first-order valence-electron chi connectivity index (χ1n) is 14.4. The van der Waals surface area contributed by atoms with Gasteiger partial charge >= 0.3 is 0 Å². The van der Waals surface area contributed by atoms with Gasteiger partial charge in [-0.05, 0) is 68.2 Å². The molecule has 4 heterocycles. The van der Waals surface area contributed by atoms with Crippen molar-refractivity contribution in [3.63, 3.8) is 0 Å². The average Bonchev–Trinajstić information content (AvgIpc) is 3.48. The highest BCUT2D eigenvalue weighted by Crippen LogP contribution is 2.52. The minimum atomic E-state index is -0.926. The molecule has 0 spiro atoms. The molecule has 0 radical (unpaired) electrons. The quantitative estimate of drug-likeness (QED) is 0.388. The van der Waals surface area contributed by atoms with E-state index in [2.05, 4.69) is 32.0 Å². The first kappa shape index (κ1) is 29.4. The molecular formula is C29H35N9O3S2. The van der Waals surface area contributed by atoms with Crippen LogP contribution < -0.4 is 5.32 Å². The van der Waals surface area contributed by atoms with Crippen LogP contribution in [0.2, 0.25) is 0 Å². The molecule has 1 saturated heterocycles. The summed E-state index contributed by atoms with van der Waals surface area (Å²) >= 11 is 2.92. The van der Waals surface area contributed by atoms with Crippen molar-refractivity contribution in [2.75, 3.05) is 34.7 Å². The highest BCUT2D eigenvalue weighted by molar-refractivity contribution is 7.15. The van der Waals surface area contributed by atoms with E-state index in [0.29, 0.717) is 40.8 Å². The normalized spacial score (nSPS) is 24.3. The first-order valence-corrected chi connectivity index (χ1v) is 16.1. The number of amides is 3. The molecule has 226 valence electrons. The summed E-state index contributed by atoms with van der Waals surface area (Å²) < 4.78 is 0. The molecular weight excluding hydrogens is 587 g/mol. The zero-order valence-corrected chi connectivity index (χ0v) is 26.5. The van der Waals surface area contributed by atoms with E-state index in [1.54, 1.807) is 42.9 Å². The minimum absolute atomic E-state index is 0.0661. The van der Waals surface area contributed by atoms with Crippen molar-refractivity contribution >= 4 is 40.4 Å². The van der Waals surface area contributed by atoms with Gasteiger partial charge in [-0.15, -0.1) is 32.9 Å². The van der Waals surface area contributed by atoms with Gasteiger partial charge in [0, 0.05) is 50.0 Å². The third-order valence-electron chi connectivity index (χ3n) is 8.80. The zero-order valence-electron chi connectivity index (χ0n) is 24.9. The number of nitriles is 1. The van der Waals surface area contributed by atoms with Crippen molar-refractivity contribution in [2.24, 2.45) is 5.92 Å². The second-order valence-electron chi connectivity index (χ2n) is 12.2. The molecule has 2 N–H and O–H groups in total. The van der Waals surface area contributed by atoms with Gasteiger partial charge < -0.3 is 20.0 Å². The highest BCUT2D eigenvalue weighted by atomic mass is 32.1. The molecule has 6 rings (SSSR count). The number of carbonyl (C=O) groups is 3. The predicted molar refractivity (Wildman–Crippen MR) is 161 cm³/mol. The van der Waals surface area contributed by atoms with Gasteiger partial charge in [-0.3, -0.25) is 14.4 Å². The number of hydrogen-bond donors (Lipinski definition) is 2. The zero-order chi connectivity index (χ0) is 30.6. The van der Waals surface area contributed by atoms with Gasteiger partial charge in [0.15, 0.2) is 5.82 Å². The maximum absolute atomic E-state index is 13.3. The Bertz CT molecular complexity index is 1540. The van der Waals surface area contributed by atoms with Gasteiger partial charge in [-0.25, -0.2) is 0 Å². The second-order valence-corrected chi connectivity index (χ2v) is 14.4. The van der Waals surface area contributed by atoms with E-state index in [0.717, 1.165) is 33.7 Å². The molecule has 1 aliphatic heterocycles. The number of rotatable bonds is 8. The summed E-state index contributed by atoms with van der Waals surface area (Å²) in [5, 5.41) is 28.6. The largest absolute Gasteiger partial charge is 0.344 e. The summed E-state index contributed by atoms with van der Waals surface area (Å²) in [4.78, 5) is 47.7. The molecule has 5 atom stereocenters. The Hall–Kier alpha value is -3.67. The SMILES string of the molecule is C[C@H](CC1(c2nn[nH]n2)c2cc(C(=O)N(C)C)sc2CCc2cc(C(=O)N(C)C)sc21)NCC(=O)N1C(C#N)C[C@@H]2C[C@@H]21. The first-order chi connectivity index (χ1) is 20.5. The van der Waals surface area contributed by atoms with Crippen molar-refractivity contribution in [1.82, 2.24) is 40.6 Å². The van der Waals surface area contributed by atoms with Crippen LogP contribution in [0.1, 0.15) is 72.2 Å². The maximum atomic E-state index is 13.3. The molecule has 3 aromatic rings. The van der Waals surface area contributed by atoms with Gasteiger partial charge in [0.1, 0.15) is 6.04 Å². The standard InChI is InChI=1S/C29H35N9O3S2/c1-15(31-14-24(39)38-18(13-30)8-17-9-20(17)38)12-29(28-32-34-35-33-28)19-11-23(27(41)37(4)5)42-21(19)7-6-16-10-22(43-25(16)29)26(40)36(2)3/h10-11,15,17-18,20,31H,6-9,12,14H2,1-5H3,(H,32,33,34,35)/t15-,17-,18?,20+,29?/m1/s1. The van der Waals surface area contributed by atoms with E-state index in [1.165, 1.54) is 22.7 Å². The molecule has 2 aliphatic carbocycles. The molecule has 2 unspecified atom stereocenters. The Morgan fingerprint density at radius 1 is 1.14 bits per heavy atom. The van der Waals surface area contributed by atoms with E-state index in [9.17, 15) is 19.6 Å². The third-order valence-corrected chi connectivity index (χ3v) is 11.3. The Kier molecular flexibility index (Phi) is 7.60. The van der Waals surface area contributed by atoms with Crippen molar-refractivity contribution in [2.45, 2.75) is 62.6 Å². The van der Waals surface area contributed by atoms with Crippen LogP contribution in [-0.4, -0.2) is 106 Å². The van der Waals surface area contributed by atoms with E-state index in [-0.39, 0.29) is 42.4 Å². The third kappa shape index (κ3) is 5.03. The lowest BCUT2D eigenvalue weighted by molar-refractivity contribution is -0.131. The van der Waals surface area contributed by atoms with E-state index in [4.69, 9.17) is 0 Å². The van der Waals surface area contributed by atoms with Crippen molar-refractivity contribution < 1.29 is 14.4 Å². The Morgan fingerprint density at radius 3 is 2.51 bits per heavy atom. The van der Waals surface area contributed by atoms with Gasteiger partial charge in [0.2, 0.25) is 5.91 Å². The number of hydrogen-bond acceptors (Lipinski definition) is 10. The van der Waals surface area contributed by atoms with Crippen LogP contribution in [0.15, 0.2) is 12.1 Å². The number of nitrogens with zero attached hydrogens (tertiary/aromatic N) is 7. The second kappa shape index (κ2) is 11.1. The molecule has 3 amide bonds. The fourth-order valence-corrected chi connectivity index (χ4v) is 9.35. The maximum Gasteiger partial charge on any atom is 0.263 e. The number of piperidine rings is 1. The molecule has 1 saturated carbocycles. The van der Waals surface area contributed by atoms with Crippen LogP contribution in [0.4, 0.5) is 0 Å². The Morgan fingerprint density at radius 2 is 1.86 bits per heavy atom. The van der Waals surface area contributed by atoms with E-state index < -0.39 is 5.41 Å². The fraction of sp³-hybridized carbons (Fsp3) is 0.552. The molecule has 3 aliphatic rings. The molecule has 12 nitrogen and oxygen atoms in total. The number of thiophene rings is 2. The summed E-state index contributed by atoms with van der Waals surface area (Å²) in [5.74, 6) is 0.674. The summed E-state index contributed by atoms with van der Waals surface area (Å²) in [6, 6.07) is 5.84. The average molecular weight is 622 g/mol. The number of likely N-dealkylation sites (tertiary alicyclic amines) is 1. The lowest BCUT2D eigenvalue weighted by Crippen LogP contribution is -2.46. The van der Waals surface area contributed by atoms with Crippen LogP contribution in [0.3, 0.4) is 0 Å². The van der Waals surface area contributed by atoms with Crippen LogP contribution >= 0.6 is 22.7 Å². The predicted octanol–water partition coefficient (Wildman–Crippen LogP) is 2.04.